The highest BCUT2D eigenvalue weighted by atomic mass is 16.5. The number of carbonyl (C=O) groups is 1. The van der Waals surface area contributed by atoms with E-state index in [0.717, 1.165) is 16.5 Å². The van der Waals surface area contributed by atoms with Crippen LogP contribution in [0.25, 0.3) is 10.9 Å². The molecule has 0 aliphatic heterocycles. The van der Waals surface area contributed by atoms with E-state index >= 15 is 0 Å². The van der Waals surface area contributed by atoms with Crippen molar-refractivity contribution in [3.8, 4) is 11.5 Å². The first-order valence-corrected chi connectivity index (χ1v) is 7.24. The number of H-pyrrole nitrogens is 1. The van der Waals surface area contributed by atoms with Crippen LogP contribution in [0.3, 0.4) is 0 Å². The summed E-state index contributed by atoms with van der Waals surface area (Å²) in [6.45, 7) is 1.91. The molecule has 118 valence electrons. The van der Waals surface area contributed by atoms with Gasteiger partial charge in [-0.1, -0.05) is 18.2 Å². The van der Waals surface area contributed by atoms with Gasteiger partial charge in [-0.15, -0.1) is 0 Å². The highest BCUT2D eigenvalue weighted by Crippen LogP contribution is 2.33. The van der Waals surface area contributed by atoms with Crippen LogP contribution in [0.1, 0.15) is 16.1 Å². The van der Waals surface area contributed by atoms with Crippen molar-refractivity contribution in [2.75, 3.05) is 19.5 Å². The number of rotatable bonds is 4. The number of hydrogen-bond acceptors (Lipinski definition) is 3. The number of aromatic amines is 1. The minimum Gasteiger partial charge on any atom is -0.493 e. The molecule has 0 bridgehead atoms. The van der Waals surface area contributed by atoms with Gasteiger partial charge in [-0.3, -0.25) is 4.79 Å². The zero-order chi connectivity index (χ0) is 16.4. The van der Waals surface area contributed by atoms with Gasteiger partial charge in [-0.25, -0.2) is 0 Å². The van der Waals surface area contributed by atoms with Gasteiger partial charge in [0.1, 0.15) is 5.69 Å². The van der Waals surface area contributed by atoms with Gasteiger partial charge in [0.2, 0.25) is 0 Å². The molecule has 0 aliphatic rings. The van der Waals surface area contributed by atoms with E-state index in [0.29, 0.717) is 22.9 Å². The van der Waals surface area contributed by atoms with E-state index in [1.807, 2.05) is 43.3 Å². The van der Waals surface area contributed by atoms with Gasteiger partial charge in [-0.05, 0) is 30.7 Å². The molecule has 3 aromatic rings. The number of hydrogen-bond donors (Lipinski definition) is 2. The molecule has 0 saturated carbocycles. The second kappa shape index (κ2) is 6.04. The molecule has 1 aromatic heterocycles. The lowest BCUT2D eigenvalue weighted by molar-refractivity contribution is 0.102. The number of nitrogens with one attached hydrogen (secondary N) is 2. The minimum absolute atomic E-state index is 0.198. The quantitative estimate of drug-likeness (QED) is 0.771. The first-order valence-electron chi connectivity index (χ1n) is 7.24. The summed E-state index contributed by atoms with van der Waals surface area (Å²) in [5.74, 6) is 1.01. The van der Waals surface area contributed by atoms with Crippen molar-refractivity contribution in [2.24, 2.45) is 0 Å². The number of para-hydroxylation sites is 1. The number of methoxy groups -OCH3 is 2. The van der Waals surface area contributed by atoms with Gasteiger partial charge in [0.15, 0.2) is 11.5 Å². The second-order valence-corrected chi connectivity index (χ2v) is 5.25. The van der Waals surface area contributed by atoms with Gasteiger partial charge in [0.05, 0.1) is 14.2 Å². The van der Waals surface area contributed by atoms with Crippen molar-refractivity contribution in [1.29, 1.82) is 0 Å². The van der Waals surface area contributed by atoms with E-state index in [1.54, 1.807) is 20.3 Å². The molecule has 0 saturated heterocycles. The van der Waals surface area contributed by atoms with Crippen LogP contribution in [0, 0.1) is 6.92 Å². The smallest absolute Gasteiger partial charge is 0.272 e. The molecule has 2 N–H and O–H groups in total. The van der Waals surface area contributed by atoms with Crippen LogP contribution in [0.2, 0.25) is 0 Å². The highest BCUT2D eigenvalue weighted by molar-refractivity contribution is 6.06. The monoisotopic (exact) mass is 310 g/mol. The van der Waals surface area contributed by atoms with Crippen LogP contribution in [0.4, 0.5) is 5.69 Å². The molecule has 2 aromatic carbocycles. The molecule has 23 heavy (non-hydrogen) atoms. The highest BCUT2D eigenvalue weighted by Gasteiger charge is 2.13. The SMILES string of the molecule is COc1cc(C)c(NC(=O)c2cc3ccccc3[nH]2)cc1OC. The lowest BCUT2D eigenvalue weighted by Gasteiger charge is -2.13. The maximum atomic E-state index is 12.5. The summed E-state index contributed by atoms with van der Waals surface area (Å²) in [6.07, 6.45) is 0. The lowest BCUT2D eigenvalue weighted by atomic mass is 10.1. The largest absolute Gasteiger partial charge is 0.493 e. The molecule has 0 fully saturated rings. The standard InChI is InChI=1S/C18H18N2O3/c1-11-8-16(22-2)17(23-3)10-14(11)20-18(21)15-9-12-6-4-5-7-13(12)19-15/h4-10,19H,1-3H3,(H,20,21). The summed E-state index contributed by atoms with van der Waals surface area (Å²) < 4.78 is 10.5. The maximum absolute atomic E-state index is 12.5. The summed E-state index contributed by atoms with van der Waals surface area (Å²) in [7, 11) is 3.15. The van der Waals surface area contributed by atoms with Crippen molar-refractivity contribution in [3.05, 3.63) is 53.7 Å². The predicted octanol–water partition coefficient (Wildman–Crippen LogP) is 3.75. The summed E-state index contributed by atoms with van der Waals surface area (Å²) in [4.78, 5) is 15.6. The second-order valence-electron chi connectivity index (χ2n) is 5.25. The fourth-order valence-corrected chi connectivity index (χ4v) is 2.50. The van der Waals surface area contributed by atoms with E-state index in [1.165, 1.54) is 0 Å². The summed E-state index contributed by atoms with van der Waals surface area (Å²) >= 11 is 0. The van der Waals surface area contributed by atoms with Crippen molar-refractivity contribution < 1.29 is 14.3 Å². The summed E-state index contributed by atoms with van der Waals surface area (Å²) in [5, 5.41) is 3.91. The molecule has 5 heteroatoms. The fraction of sp³-hybridized carbons (Fsp3) is 0.167. The number of carbonyl (C=O) groups excluding carboxylic acids is 1. The van der Waals surface area contributed by atoms with Crippen LogP contribution >= 0.6 is 0 Å². The number of aromatic nitrogens is 1. The van der Waals surface area contributed by atoms with E-state index in [-0.39, 0.29) is 5.91 Å². The van der Waals surface area contributed by atoms with Crippen molar-refractivity contribution >= 4 is 22.5 Å². The molecule has 5 nitrogen and oxygen atoms in total. The van der Waals surface area contributed by atoms with Crippen LogP contribution < -0.4 is 14.8 Å². The Labute approximate surface area is 134 Å². The molecular formula is C18H18N2O3. The minimum atomic E-state index is -0.198. The normalized spacial score (nSPS) is 10.6. The number of ether oxygens (including phenoxy) is 2. The average molecular weight is 310 g/mol. The Balaban J connectivity index is 1.90. The van der Waals surface area contributed by atoms with Crippen molar-refractivity contribution in [3.63, 3.8) is 0 Å². The van der Waals surface area contributed by atoms with Crippen LogP contribution in [0.15, 0.2) is 42.5 Å². The van der Waals surface area contributed by atoms with E-state index in [2.05, 4.69) is 10.3 Å². The molecule has 3 rings (SSSR count). The summed E-state index contributed by atoms with van der Waals surface area (Å²) in [6, 6.07) is 13.2. The zero-order valence-corrected chi connectivity index (χ0v) is 13.3. The topological polar surface area (TPSA) is 63.3 Å². The molecule has 0 atom stereocenters. The fourth-order valence-electron chi connectivity index (χ4n) is 2.50. The molecule has 0 unspecified atom stereocenters. The molecule has 0 radical (unpaired) electrons. The zero-order valence-electron chi connectivity index (χ0n) is 13.3. The number of anilines is 1. The van der Waals surface area contributed by atoms with Crippen LogP contribution in [-0.2, 0) is 0 Å². The Morgan fingerprint density at radius 3 is 2.43 bits per heavy atom. The number of amides is 1. The Morgan fingerprint density at radius 1 is 1.04 bits per heavy atom. The van der Waals surface area contributed by atoms with E-state index < -0.39 is 0 Å². The maximum Gasteiger partial charge on any atom is 0.272 e. The lowest BCUT2D eigenvalue weighted by Crippen LogP contribution is -2.13. The van der Waals surface area contributed by atoms with Gasteiger partial charge in [0, 0.05) is 22.7 Å². The van der Waals surface area contributed by atoms with E-state index in [4.69, 9.17) is 9.47 Å². The molecule has 1 amide bonds. The molecular weight excluding hydrogens is 292 g/mol. The van der Waals surface area contributed by atoms with Gasteiger partial charge >= 0.3 is 0 Å². The Kier molecular flexibility index (Phi) is 3.93. The third-order valence-corrected chi connectivity index (χ3v) is 3.75. The van der Waals surface area contributed by atoms with Gasteiger partial charge < -0.3 is 19.8 Å². The number of fused-ring (bicyclic) bond motifs is 1. The average Bonchev–Trinajstić information content (AvgIpc) is 3.00. The molecule has 0 spiro atoms. The van der Waals surface area contributed by atoms with Gasteiger partial charge in [0.25, 0.3) is 5.91 Å². The number of aryl methyl sites for hydroxylation is 1. The Hall–Kier alpha value is -2.95. The van der Waals surface area contributed by atoms with E-state index in [9.17, 15) is 4.79 Å². The first kappa shape index (κ1) is 15.0. The van der Waals surface area contributed by atoms with Crippen molar-refractivity contribution in [1.82, 2.24) is 4.98 Å². The predicted molar refractivity (Wildman–Crippen MR) is 90.5 cm³/mol. The Bertz CT molecular complexity index is 835. The number of benzene rings is 2. The molecule has 1 heterocycles. The van der Waals surface area contributed by atoms with Gasteiger partial charge in [-0.2, -0.15) is 0 Å². The first-order chi connectivity index (χ1) is 11.1. The third-order valence-electron chi connectivity index (χ3n) is 3.75. The third kappa shape index (κ3) is 2.85. The van der Waals surface area contributed by atoms with Crippen LogP contribution in [0.5, 0.6) is 11.5 Å². The van der Waals surface area contributed by atoms with Crippen molar-refractivity contribution in [2.45, 2.75) is 6.92 Å². The Morgan fingerprint density at radius 2 is 1.74 bits per heavy atom. The molecule has 0 aliphatic carbocycles. The van der Waals surface area contributed by atoms with Crippen LogP contribution in [-0.4, -0.2) is 25.1 Å². The summed E-state index contributed by atoms with van der Waals surface area (Å²) in [5.41, 5.74) is 3.03.